The molecule has 7 heteroatoms. The molecule has 0 aliphatic carbocycles. The maximum Gasteiger partial charge on any atom is 0.351 e. The minimum Gasteiger partial charge on any atom is -0.470 e. The van der Waals surface area contributed by atoms with Gasteiger partial charge >= 0.3 is 5.97 Å². The van der Waals surface area contributed by atoms with E-state index in [0.29, 0.717) is 11.8 Å². The van der Waals surface area contributed by atoms with E-state index >= 15 is 0 Å². The number of carbonyl (C=O) groups excluding carboxylic acids is 1. The molecule has 0 aliphatic rings. The van der Waals surface area contributed by atoms with E-state index in [1.807, 2.05) is 17.5 Å². The van der Waals surface area contributed by atoms with Gasteiger partial charge in [-0.05, 0) is 11.4 Å². The number of thiophene rings is 1. The van der Waals surface area contributed by atoms with Gasteiger partial charge in [0.2, 0.25) is 0 Å². The topological polar surface area (TPSA) is 48.4 Å². The first-order valence-electron chi connectivity index (χ1n) is 5.10. The normalized spacial score (nSPS) is 10.3. The SMILES string of the molecule is COC(=O)c1sc(OCCc2cccs2)nc1Cl. The van der Waals surface area contributed by atoms with Gasteiger partial charge in [0, 0.05) is 11.3 Å². The minimum absolute atomic E-state index is 0.123. The van der Waals surface area contributed by atoms with E-state index < -0.39 is 5.97 Å². The Morgan fingerprint density at radius 3 is 3.06 bits per heavy atom. The Kier molecular flexibility index (Phi) is 4.57. The lowest BCUT2D eigenvalue weighted by Crippen LogP contribution is -1.99. The molecule has 0 aliphatic heterocycles. The Balaban J connectivity index is 1.92. The summed E-state index contributed by atoms with van der Waals surface area (Å²) in [5.74, 6) is -0.495. The summed E-state index contributed by atoms with van der Waals surface area (Å²) >= 11 is 8.59. The molecule has 0 fully saturated rings. The van der Waals surface area contributed by atoms with Gasteiger partial charge in [-0.1, -0.05) is 29.0 Å². The van der Waals surface area contributed by atoms with Crippen molar-refractivity contribution in [2.75, 3.05) is 13.7 Å². The minimum atomic E-state index is -0.495. The Morgan fingerprint density at radius 2 is 2.39 bits per heavy atom. The molecule has 0 N–H and O–H groups in total. The van der Waals surface area contributed by atoms with Crippen molar-refractivity contribution in [3.8, 4) is 5.19 Å². The molecule has 0 atom stereocenters. The number of nitrogens with zero attached hydrogens (tertiary/aromatic N) is 1. The molecular weight excluding hydrogens is 294 g/mol. The largest absolute Gasteiger partial charge is 0.470 e. The van der Waals surface area contributed by atoms with E-state index in [2.05, 4.69) is 9.72 Å². The van der Waals surface area contributed by atoms with Crippen LogP contribution in [0, 0.1) is 0 Å². The number of ether oxygens (including phenoxy) is 2. The predicted molar refractivity (Wildman–Crippen MR) is 72.0 cm³/mol. The van der Waals surface area contributed by atoms with Crippen LogP contribution in [0.5, 0.6) is 5.19 Å². The van der Waals surface area contributed by atoms with Crippen molar-refractivity contribution in [1.29, 1.82) is 0 Å². The zero-order valence-corrected chi connectivity index (χ0v) is 11.9. The Bertz CT molecular complexity index is 524. The van der Waals surface area contributed by atoms with Crippen molar-refractivity contribution in [2.24, 2.45) is 0 Å². The first kappa shape index (κ1) is 13.3. The van der Waals surface area contributed by atoms with Gasteiger partial charge in [-0.3, -0.25) is 0 Å². The van der Waals surface area contributed by atoms with Crippen LogP contribution < -0.4 is 4.74 Å². The van der Waals surface area contributed by atoms with E-state index in [-0.39, 0.29) is 10.0 Å². The quantitative estimate of drug-likeness (QED) is 0.795. The molecule has 0 unspecified atom stereocenters. The molecule has 4 nitrogen and oxygen atoms in total. The highest BCUT2D eigenvalue weighted by molar-refractivity contribution is 7.15. The molecule has 0 amide bonds. The summed E-state index contributed by atoms with van der Waals surface area (Å²) in [4.78, 5) is 16.8. The molecular formula is C11H10ClNO3S2. The first-order chi connectivity index (χ1) is 8.70. The molecule has 0 saturated carbocycles. The number of aromatic nitrogens is 1. The van der Waals surface area contributed by atoms with Crippen molar-refractivity contribution < 1.29 is 14.3 Å². The summed E-state index contributed by atoms with van der Waals surface area (Å²) in [6.45, 7) is 0.505. The molecule has 18 heavy (non-hydrogen) atoms. The highest BCUT2D eigenvalue weighted by Gasteiger charge is 2.17. The van der Waals surface area contributed by atoms with Crippen LogP contribution in [0.25, 0.3) is 0 Å². The van der Waals surface area contributed by atoms with Crippen LogP contribution in [0.4, 0.5) is 0 Å². The first-order valence-corrected chi connectivity index (χ1v) is 7.18. The molecule has 0 saturated heterocycles. The van der Waals surface area contributed by atoms with Crippen molar-refractivity contribution in [2.45, 2.75) is 6.42 Å². The summed E-state index contributed by atoms with van der Waals surface area (Å²) in [5, 5.41) is 2.53. The van der Waals surface area contributed by atoms with Gasteiger partial charge in [-0.15, -0.1) is 11.3 Å². The average Bonchev–Trinajstić information content (AvgIpc) is 2.98. The molecule has 2 aromatic heterocycles. The molecule has 2 rings (SSSR count). The Morgan fingerprint density at radius 1 is 1.56 bits per heavy atom. The third-order valence-electron chi connectivity index (χ3n) is 2.09. The predicted octanol–water partition coefficient (Wildman–Crippen LogP) is 3.27. The molecule has 2 aromatic rings. The number of halogens is 1. The van der Waals surface area contributed by atoms with Crippen LogP contribution in [0.15, 0.2) is 17.5 Å². The van der Waals surface area contributed by atoms with Gasteiger partial charge < -0.3 is 9.47 Å². The fourth-order valence-electron chi connectivity index (χ4n) is 1.26. The zero-order valence-electron chi connectivity index (χ0n) is 9.51. The zero-order chi connectivity index (χ0) is 13.0. The molecule has 0 radical (unpaired) electrons. The number of thiazole rings is 1. The van der Waals surface area contributed by atoms with Gasteiger partial charge in [0.1, 0.15) is 0 Å². The van der Waals surface area contributed by atoms with Gasteiger partial charge in [0.15, 0.2) is 10.0 Å². The number of methoxy groups -OCH3 is 1. The van der Waals surface area contributed by atoms with Gasteiger partial charge in [-0.2, -0.15) is 4.98 Å². The third-order valence-corrected chi connectivity index (χ3v) is 4.36. The Hall–Kier alpha value is -1.11. The second kappa shape index (κ2) is 6.17. The van der Waals surface area contributed by atoms with Gasteiger partial charge in [-0.25, -0.2) is 4.79 Å². The van der Waals surface area contributed by atoms with Crippen LogP contribution in [-0.2, 0) is 11.2 Å². The van der Waals surface area contributed by atoms with Crippen molar-refractivity contribution in [3.63, 3.8) is 0 Å². The Labute approximate surface area is 117 Å². The fraction of sp³-hybridized carbons (Fsp3) is 0.273. The van der Waals surface area contributed by atoms with Crippen LogP contribution in [0.2, 0.25) is 5.15 Å². The monoisotopic (exact) mass is 303 g/mol. The van der Waals surface area contributed by atoms with Crippen LogP contribution in [-0.4, -0.2) is 24.7 Å². The van der Waals surface area contributed by atoms with Crippen molar-refractivity contribution >= 4 is 40.2 Å². The number of hydrogen-bond acceptors (Lipinski definition) is 6. The second-order valence-electron chi connectivity index (χ2n) is 3.27. The van der Waals surface area contributed by atoms with Gasteiger partial charge in [0.05, 0.1) is 13.7 Å². The lowest BCUT2D eigenvalue weighted by Gasteiger charge is -1.99. The molecule has 0 bridgehead atoms. The second-order valence-corrected chi connectivity index (χ2v) is 5.62. The lowest BCUT2D eigenvalue weighted by molar-refractivity contribution is 0.0606. The molecule has 0 spiro atoms. The van der Waals surface area contributed by atoms with E-state index in [0.717, 1.165) is 17.8 Å². The summed E-state index contributed by atoms with van der Waals surface area (Å²) in [5.41, 5.74) is 0. The number of carbonyl (C=O) groups is 1. The van der Waals surface area contributed by atoms with Crippen molar-refractivity contribution in [1.82, 2.24) is 4.98 Å². The van der Waals surface area contributed by atoms with E-state index in [9.17, 15) is 4.79 Å². The summed E-state index contributed by atoms with van der Waals surface area (Å²) < 4.78 is 10.0. The van der Waals surface area contributed by atoms with E-state index in [1.165, 1.54) is 12.0 Å². The molecule has 0 aromatic carbocycles. The fourth-order valence-corrected chi connectivity index (χ4v) is 3.02. The van der Waals surface area contributed by atoms with Crippen molar-refractivity contribution in [3.05, 3.63) is 32.4 Å². The third kappa shape index (κ3) is 3.22. The number of rotatable bonds is 5. The number of hydrogen-bond donors (Lipinski definition) is 0. The highest BCUT2D eigenvalue weighted by Crippen LogP contribution is 2.29. The highest BCUT2D eigenvalue weighted by atomic mass is 35.5. The summed E-state index contributed by atoms with van der Waals surface area (Å²) in [7, 11) is 1.30. The maximum atomic E-state index is 11.3. The van der Waals surface area contributed by atoms with Gasteiger partial charge in [0.25, 0.3) is 5.19 Å². The molecule has 96 valence electrons. The van der Waals surface area contributed by atoms with Crippen LogP contribution >= 0.6 is 34.3 Å². The number of esters is 1. The maximum absolute atomic E-state index is 11.3. The molecule has 2 heterocycles. The average molecular weight is 304 g/mol. The standard InChI is InChI=1S/C11H10ClNO3S2/c1-15-10(14)8-9(12)13-11(18-8)16-5-4-7-3-2-6-17-7/h2-3,6H,4-5H2,1H3. The van der Waals surface area contributed by atoms with E-state index in [1.54, 1.807) is 11.3 Å². The van der Waals surface area contributed by atoms with Crippen LogP contribution in [0.3, 0.4) is 0 Å². The van der Waals surface area contributed by atoms with E-state index in [4.69, 9.17) is 16.3 Å². The smallest absolute Gasteiger partial charge is 0.351 e. The van der Waals surface area contributed by atoms with Crippen LogP contribution in [0.1, 0.15) is 14.5 Å². The lowest BCUT2D eigenvalue weighted by atomic mass is 10.4. The summed E-state index contributed by atoms with van der Waals surface area (Å²) in [6.07, 6.45) is 0.808. The summed E-state index contributed by atoms with van der Waals surface area (Å²) in [6, 6.07) is 4.04.